The topological polar surface area (TPSA) is 42.2 Å². The molecule has 0 saturated heterocycles. The molecule has 0 spiro atoms. The van der Waals surface area contributed by atoms with Gasteiger partial charge in [0.2, 0.25) is 11.8 Å². The summed E-state index contributed by atoms with van der Waals surface area (Å²) in [6.07, 6.45) is -4.33. The molecule has 0 radical (unpaired) electrons. The molecule has 3 rings (SSSR count). The summed E-state index contributed by atoms with van der Waals surface area (Å²) in [5, 5.41) is 8.23. The van der Waals surface area contributed by atoms with Crippen molar-refractivity contribution in [3.05, 3.63) is 71.1 Å². The molecule has 1 heterocycles. The zero-order chi connectivity index (χ0) is 19.6. The second kappa shape index (κ2) is 7.52. The van der Waals surface area contributed by atoms with Crippen LogP contribution in [0.15, 0.2) is 52.9 Å². The van der Waals surface area contributed by atoms with Crippen molar-refractivity contribution in [2.24, 2.45) is 0 Å². The zero-order valence-electron chi connectivity index (χ0n) is 15.3. The van der Waals surface area contributed by atoms with Gasteiger partial charge >= 0.3 is 6.18 Å². The van der Waals surface area contributed by atoms with Gasteiger partial charge in [0.05, 0.1) is 11.6 Å². The fraction of sp³-hybridized carbons (Fsp3) is 0.300. The molecule has 0 aliphatic carbocycles. The van der Waals surface area contributed by atoms with Crippen molar-refractivity contribution >= 4 is 0 Å². The SMILES string of the molecule is Cc1cccc(-c2nnc([C@H](C)N(C)Cc3ccc(C(F)(F)F)cc3)o2)c1. The molecule has 0 amide bonds. The zero-order valence-corrected chi connectivity index (χ0v) is 15.3. The first-order valence-electron chi connectivity index (χ1n) is 8.51. The Balaban J connectivity index is 1.69. The fourth-order valence-electron chi connectivity index (χ4n) is 2.71. The molecule has 2 aromatic carbocycles. The van der Waals surface area contributed by atoms with E-state index in [1.54, 1.807) is 0 Å². The van der Waals surface area contributed by atoms with Gasteiger partial charge in [0.25, 0.3) is 0 Å². The Hall–Kier alpha value is -2.67. The maximum absolute atomic E-state index is 12.7. The first kappa shape index (κ1) is 19.1. The van der Waals surface area contributed by atoms with Gasteiger partial charge in [-0.25, -0.2) is 0 Å². The summed E-state index contributed by atoms with van der Waals surface area (Å²) < 4.78 is 43.8. The molecule has 0 unspecified atom stereocenters. The van der Waals surface area contributed by atoms with E-state index >= 15 is 0 Å². The van der Waals surface area contributed by atoms with E-state index in [2.05, 4.69) is 10.2 Å². The smallest absolute Gasteiger partial charge is 0.416 e. The second-order valence-corrected chi connectivity index (χ2v) is 6.60. The Bertz CT molecular complexity index is 903. The number of aryl methyl sites for hydroxylation is 1. The van der Waals surface area contributed by atoms with E-state index in [4.69, 9.17) is 4.42 Å². The van der Waals surface area contributed by atoms with Crippen LogP contribution in [0, 0.1) is 6.92 Å². The molecule has 142 valence electrons. The number of halogens is 3. The van der Waals surface area contributed by atoms with Crippen LogP contribution in [0.25, 0.3) is 11.5 Å². The molecule has 0 aliphatic rings. The summed E-state index contributed by atoms with van der Waals surface area (Å²) >= 11 is 0. The molecule has 3 aromatic rings. The van der Waals surface area contributed by atoms with Gasteiger partial charge in [-0.3, -0.25) is 4.90 Å². The lowest BCUT2D eigenvalue weighted by atomic mass is 10.1. The van der Waals surface area contributed by atoms with Gasteiger partial charge in [-0.1, -0.05) is 29.8 Å². The number of nitrogens with zero attached hydrogens (tertiary/aromatic N) is 3. The van der Waals surface area contributed by atoms with Crippen LogP contribution >= 0.6 is 0 Å². The first-order valence-corrected chi connectivity index (χ1v) is 8.51. The molecule has 4 nitrogen and oxygen atoms in total. The lowest BCUT2D eigenvalue weighted by molar-refractivity contribution is -0.137. The van der Waals surface area contributed by atoms with Gasteiger partial charge in [-0.2, -0.15) is 13.2 Å². The minimum atomic E-state index is -4.33. The highest BCUT2D eigenvalue weighted by Crippen LogP contribution is 2.30. The van der Waals surface area contributed by atoms with Crippen molar-refractivity contribution in [2.45, 2.75) is 32.6 Å². The van der Waals surface area contributed by atoms with Gasteiger partial charge < -0.3 is 4.42 Å². The van der Waals surface area contributed by atoms with E-state index in [0.717, 1.165) is 28.8 Å². The highest BCUT2D eigenvalue weighted by Gasteiger charge is 2.30. The average molecular weight is 375 g/mol. The molecule has 0 bridgehead atoms. The minimum Gasteiger partial charge on any atom is -0.419 e. The quantitative estimate of drug-likeness (QED) is 0.610. The number of hydrogen-bond acceptors (Lipinski definition) is 4. The Morgan fingerprint density at radius 3 is 2.41 bits per heavy atom. The lowest BCUT2D eigenvalue weighted by Crippen LogP contribution is -2.22. The van der Waals surface area contributed by atoms with E-state index in [9.17, 15) is 13.2 Å². The van der Waals surface area contributed by atoms with Gasteiger partial charge in [0, 0.05) is 12.1 Å². The van der Waals surface area contributed by atoms with Gasteiger partial charge in [0.15, 0.2) is 0 Å². The summed E-state index contributed by atoms with van der Waals surface area (Å²) in [5.41, 5.74) is 2.07. The van der Waals surface area contributed by atoms with Crippen molar-refractivity contribution < 1.29 is 17.6 Å². The Kier molecular flexibility index (Phi) is 5.32. The van der Waals surface area contributed by atoms with Crippen LogP contribution in [0.2, 0.25) is 0 Å². The molecule has 0 fully saturated rings. The number of aromatic nitrogens is 2. The normalized spacial score (nSPS) is 13.1. The number of hydrogen-bond donors (Lipinski definition) is 0. The third-order valence-corrected chi connectivity index (χ3v) is 4.44. The summed E-state index contributed by atoms with van der Waals surface area (Å²) in [7, 11) is 1.86. The fourth-order valence-corrected chi connectivity index (χ4v) is 2.71. The molecule has 1 atom stereocenters. The van der Waals surface area contributed by atoms with Crippen LogP contribution in [0.4, 0.5) is 13.2 Å². The van der Waals surface area contributed by atoms with Crippen molar-refractivity contribution in [3.63, 3.8) is 0 Å². The summed E-state index contributed by atoms with van der Waals surface area (Å²) in [4.78, 5) is 1.94. The number of rotatable bonds is 5. The number of alkyl halides is 3. The second-order valence-electron chi connectivity index (χ2n) is 6.60. The number of benzene rings is 2. The largest absolute Gasteiger partial charge is 0.419 e. The van der Waals surface area contributed by atoms with Crippen molar-refractivity contribution in [3.8, 4) is 11.5 Å². The van der Waals surface area contributed by atoms with E-state index < -0.39 is 11.7 Å². The van der Waals surface area contributed by atoms with Crippen molar-refractivity contribution in [2.75, 3.05) is 7.05 Å². The molecule has 0 saturated carbocycles. The van der Waals surface area contributed by atoms with Crippen molar-refractivity contribution in [1.29, 1.82) is 0 Å². The predicted molar refractivity (Wildman–Crippen MR) is 95.8 cm³/mol. The van der Waals surface area contributed by atoms with Gasteiger partial charge in [-0.05, 0) is 50.7 Å². The maximum Gasteiger partial charge on any atom is 0.416 e. The highest BCUT2D eigenvalue weighted by molar-refractivity contribution is 5.53. The minimum absolute atomic E-state index is 0.182. The monoisotopic (exact) mass is 375 g/mol. The van der Waals surface area contributed by atoms with E-state index in [-0.39, 0.29) is 6.04 Å². The van der Waals surface area contributed by atoms with Gasteiger partial charge in [0.1, 0.15) is 0 Å². The maximum atomic E-state index is 12.7. The van der Waals surface area contributed by atoms with E-state index in [0.29, 0.717) is 18.3 Å². The lowest BCUT2D eigenvalue weighted by Gasteiger charge is -2.22. The molecular formula is C20H20F3N3O. The standard InChI is InChI=1S/C20H20F3N3O/c1-13-5-4-6-16(11-13)19-25-24-18(27-19)14(2)26(3)12-15-7-9-17(10-8-15)20(21,22)23/h4-11,14H,12H2,1-3H3/t14-/m0/s1. The van der Waals surface area contributed by atoms with Crippen LogP contribution in [-0.4, -0.2) is 22.1 Å². The predicted octanol–water partition coefficient (Wildman–Crippen LogP) is 5.26. The third kappa shape index (κ3) is 4.54. The molecule has 0 aliphatic heterocycles. The van der Waals surface area contributed by atoms with Crippen LogP contribution in [0.5, 0.6) is 0 Å². The van der Waals surface area contributed by atoms with Crippen LogP contribution < -0.4 is 0 Å². The third-order valence-electron chi connectivity index (χ3n) is 4.44. The Morgan fingerprint density at radius 1 is 1.07 bits per heavy atom. The summed E-state index contributed by atoms with van der Waals surface area (Å²) in [6, 6.07) is 12.8. The molecule has 0 N–H and O–H groups in total. The van der Waals surface area contributed by atoms with E-state index in [1.807, 2.05) is 50.1 Å². The van der Waals surface area contributed by atoms with Gasteiger partial charge in [-0.15, -0.1) is 10.2 Å². The first-order chi connectivity index (χ1) is 12.7. The summed E-state index contributed by atoms with van der Waals surface area (Å²) in [5.74, 6) is 0.907. The van der Waals surface area contributed by atoms with Crippen LogP contribution in [-0.2, 0) is 12.7 Å². The molecule has 1 aromatic heterocycles. The summed E-state index contributed by atoms with van der Waals surface area (Å²) in [6.45, 7) is 4.36. The van der Waals surface area contributed by atoms with Crippen molar-refractivity contribution in [1.82, 2.24) is 15.1 Å². The van der Waals surface area contributed by atoms with Crippen LogP contribution in [0.1, 0.15) is 35.5 Å². The molecular weight excluding hydrogens is 355 g/mol. The Labute approximate surface area is 155 Å². The van der Waals surface area contributed by atoms with Crippen LogP contribution in [0.3, 0.4) is 0 Å². The van der Waals surface area contributed by atoms with E-state index in [1.165, 1.54) is 12.1 Å². The molecule has 27 heavy (non-hydrogen) atoms. The molecule has 7 heteroatoms. The average Bonchev–Trinajstić information content (AvgIpc) is 3.11. The highest BCUT2D eigenvalue weighted by atomic mass is 19.4. The Morgan fingerprint density at radius 2 is 1.78 bits per heavy atom.